The first-order valence-electron chi connectivity index (χ1n) is 8.15. The van der Waals surface area contributed by atoms with Crippen molar-refractivity contribution < 1.29 is 19.4 Å². The summed E-state index contributed by atoms with van der Waals surface area (Å²) < 4.78 is 5.81. The highest BCUT2D eigenvalue weighted by molar-refractivity contribution is 9.10. The molecule has 9 heteroatoms. The maximum Gasteiger partial charge on any atom is 0.293 e. The van der Waals surface area contributed by atoms with Gasteiger partial charge in [0.2, 0.25) is 0 Å². The van der Waals surface area contributed by atoms with E-state index in [9.17, 15) is 14.7 Å². The Labute approximate surface area is 184 Å². The summed E-state index contributed by atoms with van der Waals surface area (Å²) in [6, 6.07) is 8.24. The molecule has 0 unspecified atom stereocenters. The number of phenolic OH excluding ortho intramolecular Hbond substituents is 1. The Hall–Kier alpha value is -1.67. The molecule has 2 aromatic rings. The van der Waals surface area contributed by atoms with Crippen LogP contribution in [-0.2, 0) is 11.3 Å². The largest absolute Gasteiger partial charge is 0.503 e. The number of imide groups is 1. The van der Waals surface area contributed by atoms with Crippen LogP contribution in [0, 0.1) is 0 Å². The topological polar surface area (TPSA) is 66.8 Å². The molecule has 0 radical (unpaired) electrons. The van der Waals surface area contributed by atoms with Gasteiger partial charge in [0.25, 0.3) is 11.1 Å². The molecule has 0 saturated carbocycles. The van der Waals surface area contributed by atoms with E-state index in [1.165, 1.54) is 0 Å². The lowest BCUT2D eigenvalue weighted by Crippen LogP contribution is -2.27. The molecular formula is C19H14BrCl2NO4S. The lowest BCUT2D eigenvalue weighted by molar-refractivity contribution is -0.123. The van der Waals surface area contributed by atoms with Crippen molar-refractivity contribution in [2.45, 2.75) is 13.5 Å². The highest BCUT2D eigenvalue weighted by atomic mass is 79.9. The fourth-order valence-corrected chi connectivity index (χ4v) is 4.39. The normalized spacial score (nSPS) is 15.6. The molecule has 5 nitrogen and oxygen atoms in total. The first-order chi connectivity index (χ1) is 13.3. The smallest absolute Gasteiger partial charge is 0.293 e. The molecule has 0 aromatic heterocycles. The van der Waals surface area contributed by atoms with E-state index in [0.29, 0.717) is 32.3 Å². The first-order valence-corrected chi connectivity index (χ1v) is 10.5. The standard InChI is InChI=1S/C19H14BrCl2NO4S/c1-2-27-15-7-10(6-12(20)17(15)24)8-16-18(25)23(19(26)28-16)9-11-13(21)4-3-5-14(11)22/h3-8,24H,2,9H2,1H3/b16-8+. The number of amides is 2. The Bertz CT molecular complexity index is 976. The molecule has 2 aromatic carbocycles. The fourth-order valence-electron chi connectivity index (χ4n) is 2.57. The number of nitrogens with zero attached hydrogens (tertiary/aromatic N) is 1. The van der Waals surface area contributed by atoms with Gasteiger partial charge >= 0.3 is 0 Å². The summed E-state index contributed by atoms with van der Waals surface area (Å²) in [7, 11) is 0. The van der Waals surface area contributed by atoms with Gasteiger partial charge in [0.15, 0.2) is 11.5 Å². The Morgan fingerprint density at radius 3 is 2.57 bits per heavy atom. The SMILES string of the molecule is CCOc1cc(/C=C2/SC(=O)N(Cc3c(Cl)cccc3Cl)C2=O)cc(Br)c1O. The van der Waals surface area contributed by atoms with Crippen LogP contribution >= 0.6 is 50.9 Å². The summed E-state index contributed by atoms with van der Waals surface area (Å²) in [5.74, 6) is -0.182. The van der Waals surface area contributed by atoms with Crippen LogP contribution in [0.1, 0.15) is 18.1 Å². The summed E-state index contributed by atoms with van der Waals surface area (Å²) in [6.45, 7) is 2.16. The minimum atomic E-state index is -0.437. The summed E-state index contributed by atoms with van der Waals surface area (Å²) in [5, 5.41) is 10.4. The zero-order valence-corrected chi connectivity index (χ0v) is 18.5. The average Bonchev–Trinajstić information content (AvgIpc) is 2.89. The Morgan fingerprint density at radius 1 is 1.25 bits per heavy atom. The minimum Gasteiger partial charge on any atom is -0.503 e. The van der Waals surface area contributed by atoms with E-state index in [-0.39, 0.29) is 22.9 Å². The molecule has 3 rings (SSSR count). The number of thioether (sulfide) groups is 1. The van der Waals surface area contributed by atoms with E-state index in [4.69, 9.17) is 27.9 Å². The van der Waals surface area contributed by atoms with Gasteiger partial charge in [0.05, 0.1) is 22.5 Å². The summed E-state index contributed by atoms with van der Waals surface area (Å²) in [4.78, 5) is 26.5. The molecule has 1 fully saturated rings. The first kappa shape index (κ1) is 21.0. The molecule has 1 heterocycles. The number of aromatic hydroxyl groups is 1. The molecule has 0 aliphatic carbocycles. The Morgan fingerprint density at radius 2 is 1.93 bits per heavy atom. The number of benzene rings is 2. The van der Waals surface area contributed by atoms with Crippen LogP contribution in [-0.4, -0.2) is 27.8 Å². The van der Waals surface area contributed by atoms with Gasteiger partial charge in [0, 0.05) is 15.6 Å². The van der Waals surface area contributed by atoms with Crippen molar-refractivity contribution >= 4 is 68.1 Å². The van der Waals surface area contributed by atoms with E-state index in [2.05, 4.69) is 15.9 Å². The number of hydrogen-bond donors (Lipinski definition) is 1. The summed E-state index contributed by atoms with van der Waals surface area (Å²) >= 11 is 16.4. The molecule has 0 bridgehead atoms. The van der Waals surface area contributed by atoms with Crippen molar-refractivity contribution in [2.75, 3.05) is 6.61 Å². The maximum atomic E-state index is 12.7. The third-order valence-electron chi connectivity index (χ3n) is 3.90. The predicted octanol–water partition coefficient (Wildman–Crippen LogP) is 6.10. The van der Waals surface area contributed by atoms with Crippen molar-refractivity contribution in [3.63, 3.8) is 0 Å². The molecule has 1 N–H and O–H groups in total. The average molecular weight is 503 g/mol. The molecule has 2 amide bonds. The summed E-state index contributed by atoms with van der Waals surface area (Å²) in [5.41, 5.74) is 1.12. The quantitative estimate of drug-likeness (QED) is 0.500. The predicted molar refractivity (Wildman–Crippen MR) is 115 cm³/mol. The second-order valence-corrected chi connectivity index (χ2v) is 8.41. The lowest BCUT2D eigenvalue weighted by Gasteiger charge is -2.14. The van der Waals surface area contributed by atoms with Crippen LogP contribution in [0.2, 0.25) is 10.0 Å². The molecule has 0 spiro atoms. The monoisotopic (exact) mass is 501 g/mol. The molecule has 1 aliphatic rings. The van der Waals surface area contributed by atoms with Crippen LogP contribution in [0.3, 0.4) is 0 Å². The van der Waals surface area contributed by atoms with Crippen LogP contribution in [0.15, 0.2) is 39.7 Å². The highest BCUT2D eigenvalue weighted by Crippen LogP contribution is 2.39. The van der Waals surface area contributed by atoms with Crippen LogP contribution in [0.4, 0.5) is 4.79 Å². The summed E-state index contributed by atoms with van der Waals surface area (Å²) in [6.07, 6.45) is 1.58. The van der Waals surface area contributed by atoms with Crippen LogP contribution < -0.4 is 4.74 Å². The maximum absolute atomic E-state index is 12.7. The second kappa shape index (κ2) is 8.78. The van der Waals surface area contributed by atoms with Crippen LogP contribution in [0.5, 0.6) is 11.5 Å². The van der Waals surface area contributed by atoms with Gasteiger partial charge in [-0.25, -0.2) is 0 Å². The highest BCUT2D eigenvalue weighted by Gasteiger charge is 2.35. The van der Waals surface area contributed by atoms with Crippen molar-refractivity contribution in [3.8, 4) is 11.5 Å². The van der Waals surface area contributed by atoms with Gasteiger partial charge in [-0.15, -0.1) is 0 Å². The van der Waals surface area contributed by atoms with E-state index < -0.39 is 11.1 Å². The Kier molecular flexibility index (Phi) is 6.60. The fraction of sp³-hybridized carbons (Fsp3) is 0.158. The van der Waals surface area contributed by atoms with Crippen molar-refractivity contribution in [3.05, 3.63) is 60.9 Å². The minimum absolute atomic E-state index is 0.00994. The zero-order valence-electron chi connectivity index (χ0n) is 14.5. The van der Waals surface area contributed by atoms with Crippen molar-refractivity contribution in [2.24, 2.45) is 0 Å². The molecule has 0 atom stereocenters. The van der Waals surface area contributed by atoms with E-state index in [1.807, 2.05) is 0 Å². The van der Waals surface area contributed by atoms with Gasteiger partial charge in [-0.3, -0.25) is 14.5 Å². The third-order valence-corrected chi connectivity index (χ3v) is 6.12. The zero-order chi connectivity index (χ0) is 20.4. The Balaban J connectivity index is 1.89. The number of carbonyl (C=O) groups excluding carboxylic acids is 2. The van der Waals surface area contributed by atoms with Gasteiger partial charge < -0.3 is 9.84 Å². The molecule has 1 saturated heterocycles. The number of phenols is 1. The van der Waals surface area contributed by atoms with E-state index in [1.54, 1.807) is 43.3 Å². The molecule has 146 valence electrons. The number of halogens is 3. The van der Waals surface area contributed by atoms with Gasteiger partial charge in [0.1, 0.15) is 0 Å². The van der Waals surface area contributed by atoms with Gasteiger partial charge in [-0.05, 0) is 70.5 Å². The van der Waals surface area contributed by atoms with Crippen molar-refractivity contribution in [1.29, 1.82) is 0 Å². The lowest BCUT2D eigenvalue weighted by atomic mass is 10.1. The van der Waals surface area contributed by atoms with Gasteiger partial charge in [-0.2, -0.15) is 0 Å². The number of ether oxygens (including phenoxy) is 1. The van der Waals surface area contributed by atoms with Crippen LogP contribution in [0.25, 0.3) is 6.08 Å². The van der Waals surface area contributed by atoms with E-state index in [0.717, 1.165) is 16.7 Å². The third kappa shape index (κ3) is 4.33. The van der Waals surface area contributed by atoms with E-state index >= 15 is 0 Å². The number of carbonyl (C=O) groups is 2. The molecular weight excluding hydrogens is 489 g/mol. The second-order valence-electron chi connectivity index (χ2n) is 5.75. The molecule has 1 aliphatic heterocycles. The number of hydrogen-bond acceptors (Lipinski definition) is 5. The molecule has 28 heavy (non-hydrogen) atoms. The van der Waals surface area contributed by atoms with Gasteiger partial charge in [-0.1, -0.05) is 29.3 Å². The van der Waals surface area contributed by atoms with Crippen molar-refractivity contribution in [1.82, 2.24) is 4.90 Å². The number of rotatable bonds is 5.